The van der Waals surface area contributed by atoms with E-state index in [4.69, 9.17) is 9.57 Å². The largest absolute Gasteiger partial charge is 0.467 e. The summed E-state index contributed by atoms with van der Waals surface area (Å²) in [5.74, 6) is -0.858. The van der Waals surface area contributed by atoms with Gasteiger partial charge in [-0.1, -0.05) is 0 Å². The molecule has 112 valence electrons. The zero-order valence-electron chi connectivity index (χ0n) is 11.2. The molecule has 0 saturated heterocycles. The van der Waals surface area contributed by atoms with Gasteiger partial charge in [0.15, 0.2) is 6.79 Å². The summed E-state index contributed by atoms with van der Waals surface area (Å²) >= 11 is 0. The van der Waals surface area contributed by atoms with Crippen LogP contribution in [0.1, 0.15) is 15.9 Å². The Labute approximate surface area is 113 Å². The number of rotatable bonds is 5. The number of halogens is 3. The number of carbonyl (C=O) groups excluding carboxylic acids is 1. The van der Waals surface area contributed by atoms with Gasteiger partial charge in [0.25, 0.3) is 5.91 Å². The number of nitrogens with zero attached hydrogens (tertiary/aromatic N) is 1. The molecule has 0 aromatic heterocycles. The fraction of sp³-hybridized carbons (Fsp3) is 0.417. The molecule has 5 nitrogen and oxygen atoms in total. The standard InChI is InChI=1S/C12H14F3NO4/c1-16(19-3)11(17)9-5-4-8(12(13,14)15)6-10(9)20-7-18-2/h4-6H,7H2,1-3H3. The van der Waals surface area contributed by atoms with Crippen molar-refractivity contribution in [2.45, 2.75) is 6.18 Å². The Morgan fingerprint density at radius 3 is 2.45 bits per heavy atom. The van der Waals surface area contributed by atoms with Crippen LogP contribution in [-0.4, -0.2) is 39.0 Å². The van der Waals surface area contributed by atoms with Crippen molar-refractivity contribution in [1.29, 1.82) is 0 Å². The lowest BCUT2D eigenvalue weighted by atomic mass is 10.1. The van der Waals surface area contributed by atoms with Crippen LogP contribution >= 0.6 is 0 Å². The molecule has 0 unspecified atom stereocenters. The van der Waals surface area contributed by atoms with Gasteiger partial charge in [-0.2, -0.15) is 13.2 Å². The van der Waals surface area contributed by atoms with Crippen molar-refractivity contribution < 1.29 is 32.3 Å². The summed E-state index contributed by atoms with van der Waals surface area (Å²) in [6.45, 7) is -0.279. The Balaban J connectivity index is 3.19. The maximum absolute atomic E-state index is 12.6. The fourth-order valence-electron chi connectivity index (χ4n) is 1.37. The lowest BCUT2D eigenvalue weighted by Gasteiger charge is -2.17. The highest BCUT2D eigenvalue weighted by molar-refractivity contribution is 5.96. The minimum atomic E-state index is -4.53. The first-order valence-electron chi connectivity index (χ1n) is 5.46. The van der Waals surface area contributed by atoms with Crippen LogP contribution in [0.5, 0.6) is 5.75 Å². The van der Waals surface area contributed by atoms with Gasteiger partial charge in [0.05, 0.1) is 18.2 Å². The van der Waals surface area contributed by atoms with Crippen LogP contribution in [0.15, 0.2) is 18.2 Å². The van der Waals surface area contributed by atoms with E-state index in [1.54, 1.807) is 0 Å². The molecular formula is C12H14F3NO4. The third-order valence-corrected chi connectivity index (χ3v) is 2.43. The SMILES string of the molecule is COCOc1cc(C(F)(F)F)ccc1C(=O)N(C)OC. The first-order chi connectivity index (χ1) is 9.31. The van der Waals surface area contributed by atoms with E-state index in [0.29, 0.717) is 0 Å². The zero-order chi connectivity index (χ0) is 15.3. The van der Waals surface area contributed by atoms with E-state index in [1.165, 1.54) is 21.3 Å². The molecule has 0 atom stereocenters. The van der Waals surface area contributed by atoms with Gasteiger partial charge in [-0.15, -0.1) is 0 Å². The molecule has 0 N–H and O–H groups in total. The molecule has 1 aromatic rings. The molecule has 1 amide bonds. The van der Waals surface area contributed by atoms with E-state index < -0.39 is 17.6 Å². The third kappa shape index (κ3) is 3.84. The Morgan fingerprint density at radius 1 is 1.30 bits per heavy atom. The zero-order valence-corrected chi connectivity index (χ0v) is 11.2. The average molecular weight is 293 g/mol. The second-order valence-electron chi connectivity index (χ2n) is 3.74. The summed E-state index contributed by atoms with van der Waals surface area (Å²) in [6.07, 6.45) is -4.53. The van der Waals surface area contributed by atoms with Crippen LogP contribution in [0.25, 0.3) is 0 Å². The maximum Gasteiger partial charge on any atom is 0.416 e. The molecular weight excluding hydrogens is 279 g/mol. The van der Waals surface area contributed by atoms with Gasteiger partial charge in [-0.05, 0) is 18.2 Å². The Hall–Kier alpha value is -1.80. The molecule has 8 heteroatoms. The van der Waals surface area contributed by atoms with Gasteiger partial charge in [-0.25, -0.2) is 5.06 Å². The fourth-order valence-corrected chi connectivity index (χ4v) is 1.37. The average Bonchev–Trinajstić information content (AvgIpc) is 2.42. The Bertz CT molecular complexity index is 476. The van der Waals surface area contributed by atoms with Crippen molar-refractivity contribution in [2.24, 2.45) is 0 Å². The molecule has 0 heterocycles. The highest BCUT2D eigenvalue weighted by Gasteiger charge is 2.32. The molecule has 1 rings (SSSR count). The van der Waals surface area contributed by atoms with E-state index in [-0.39, 0.29) is 18.1 Å². The highest BCUT2D eigenvalue weighted by atomic mass is 19.4. The number of amides is 1. The molecule has 0 aliphatic rings. The van der Waals surface area contributed by atoms with Crippen molar-refractivity contribution in [3.63, 3.8) is 0 Å². The summed E-state index contributed by atoms with van der Waals surface area (Å²) in [7, 11) is 3.91. The number of carbonyl (C=O) groups is 1. The van der Waals surface area contributed by atoms with E-state index in [1.807, 2.05) is 0 Å². The quantitative estimate of drug-likeness (QED) is 0.617. The van der Waals surface area contributed by atoms with Crippen LogP contribution in [0.2, 0.25) is 0 Å². The highest BCUT2D eigenvalue weighted by Crippen LogP contribution is 2.33. The van der Waals surface area contributed by atoms with Crippen LogP contribution in [-0.2, 0) is 15.8 Å². The number of methoxy groups -OCH3 is 1. The number of benzene rings is 1. The van der Waals surface area contributed by atoms with E-state index in [9.17, 15) is 18.0 Å². The first kappa shape index (κ1) is 16.3. The lowest BCUT2D eigenvalue weighted by molar-refractivity contribution is -0.137. The topological polar surface area (TPSA) is 48.0 Å². The summed E-state index contributed by atoms with van der Waals surface area (Å²) < 4.78 is 47.6. The van der Waals surface area contributed by atoms with Crippen LogP contribution in [0.3, 0.4) is 0 Å². The summed E-state index contributed by atoms with van der Waals surface area (Å²) in [6, 6.07) is 2.58. The number of ether oxygens (including phenoxy) is 2. The Morgan fingerprint density at radius 2 is 1.95 bits per heavy atom. The Kier molecular flexibility index (Phi) is 5.34. The molecule has 0 aliphatic carbocycles. The van der Waals surface area contributed by atoms with Gasteiger partial charge >= 0.3 is 6.18 Å². The minimum Gasteiger partial charge on any atom is -0.467 e. The molecule has 0 spiro atoms. The number of alkyl halides is 3. The number of hydrogen-bond acceptors (Lipinski definition) is 4. The predicted molar refractivity (Wildman–Crippen MR) is 63.1 cm³/mol. The summed E-state index contributed by atoms with van der Waals surface area (Å²) in [5.41, 5.74) is -0.973. The van der Waals surface area contributed by atoms with Gasteiger partial charge in [0.2, 0.25) is 0 Å². The van der Waals surface area contributed by atoms with Crippen LogP contribution in [0.4, 0.5) is 13.2 Å². The summed E-state index contributed by atoms with van der Waals surface area (Å²) in [4.78, 5) is 16.6. The van der Waals surface area contributed by atoms with E-state index in [2.05, 4.69) is 4.74 Å². The molecule has 20 heavy (non-hydrogen) atoms. The monoisotopic (exact) mass is 293 g/mol. The van der Waals surface area contributed by atoms with Crippen molar-refractivity contribution in [3.05, 3.63) is 29.3 Å². The van der Waals surface area contributed by atoms with Crippen LogP contribution in [0, 0.1) is 0 Å². The first-order valence-corrected chi connectivity index (χ1v) is 5.46. The van der Waals surface area contributed by atoms with Crippen molar-refractivity contribution in [1.82, 2.24) is 5.06 Å². The smallest absolute Gasteiger partial charge is 0.416 e. The molecule has 0 radical (unpaired) electrons. The van der Waals surface area contributed by atoms with Crippen LogP contribution < -0.4 is 4.74 Å². The van der Waals surface area contributed by atoms with Crippen molar-refractivity contribution in [2.75, 3.05) is 28.1 Å². The minimum absolute atomic E-state index is 0.0561. The van der Waals surface area contributed by atoms with Crippen molar-refractivity contribution >= 4 is 5.91 Å². The van der Waals surface area contributed by atoms with Gasteiger partial charge < -0.3 is 9.47 Å². The molecule has 0 saturated carbocycles. The number of hydroxylamine groups is 2. The molecule has 1 aromatic carbocycles. The normalized spacial score (nSPS) is 11.3. The second kappa shape index (κ2) is 6.58. The van der Waals surface area contributed by atoms with Gasteiger partial charge in [-0.3, -0.25) is 9.63 Å². The second-order valence-corrected chi connectivity index (χ2v) is 3.74. The van der Waals surface area contributed by atoms with E-state index >= 15 is 0 Å². The third-order valence-electron chi connectivity index (χ3n) is 2.43. The lowest BCUT2D eigenvalue weighted by Crippen LogP contribution is -2.26. The van der Waals surface area contributed by atoms with E-state index in [0.717, 1.165) is 23.3 Å². The number of hydrogen-bond donors (Lipinski definition) is 0. The maximum atomic E-state index is 12.6. The molecule has 0 aliphatic heterocycles. The molecule has 0 fully saturated rings. The van der Waals surface area contributed by atoms with Crippen molar-refractivity contribution in [3.8, 4) is 5.75 Å². The van der Waals surface area contributed by atoms with Gasteiger partial charge in [0.1, 0.15) is 5.75 Å². The van der Waals surface area contributed by atoms with Gasteiger partial charge in [0, 0.05) is 14.2 Å². The summed E-state index contributed by atoms with van der Waals surface area (Å²) in [5, 5.41) is 0.877. The molecule has 0 bridgehead atoms. The predicted octanol–water partition coefficient (Wildman–Crippen LogP) is 2.32.